The van der Waals surface area contributed by atoms with Gasteiger partial charge in [-0.25, -0.2) is 0 Å². The highest BCUT2D eigenvalue weighted by Gasteiger charge is 2.23. The molecule has 1 aromatic rings. The van der Waals surface area contributed by atoms with E-state index in [-0.39, 0.29) is 5.60 Å². The second kappa shape index (κ2) is 8.05. The maximum absolute atomic E-state index is 6.09. The Morgan fingerprint density at radius 1 is 1.05 bits per heavy atom. The minimum absolute atomic E-state index is 0.165. The molecule has 108 valence electrons. The molecular formula is C16H27NO2. The van der Waals surface area contributed by atoms with Crippen LogP contribution in [0.4, 0.5) is 0 Å². The normalized spacial score (nSPS) is 13.9. The molecule has 1 unspecified atom stereocenters. The molecule has 0 amide bonds. The highest BCUT2D eigenvalue weighted by atomic mass is 16.5. The lowest BCUT2D eigenvalue weighted by Gasteiger charge is -2.30. The summed E-state index contributed by atoms with van der Waals surface area (Å²) in [6.07, 6.45) is 1.99. The molecule has 0 aromatic heterocycles. The fraction of sp³-hybridized carbons (Fsp3) is 0.625. The summed E-state index contributed by atoms with van der Waals surface area (Å²) in [4.78, 5) is 0. The van der Waals surface area contributed by atoms with Gasteiger partial charge in [0.1, 0.15) is 17.1 Å². The van der Waals surface area contributed by atoms with Crippen LogP contribution in [0.25, 0.3) is 0 Å². The Bertz CT molecular complexity index is 350. The van der Waals surface area contributed by atoms with E-state index in [1.165, 1.54) is 0 Å². The Hall–Kier alpha value is -1.22. The second-order valence-electron chi connectivity index (χ2n) is 5.01. The molecule has 0 saturated carbocycles. The molecule has 0 radical (unpaired) electrons. The second-order valence-corrected chi connectivity index (χ2v) is 5.01. The Balaban J connectivity index is 2.59. The molecule has 1 aromatic carbocycles. The van der Waals surface area contributed by atoms with Gasteiger partial charge in [0.15, 0.2) is 0 Å². The van der Waals surface area contributed by atoms with Crippen LogP contribution in [0, 0.1) is 0 Å². The van der Waals surface area contributed by atoms with Crippen LogP contribution in [0.2, 0.25) is 0 Å². The smallest absolute Gasteiger partial charge is 0.120 e. The third-order valence-electron chi connectivity index (χ3n) is 3.16. The van der Waals surface area contributed by atoms with E-state index in [0.717, 1.165) is 44.0 Å². The van der Waals surface area contributed by atoms with Crippen LogP contribution in [-0.2, 0) is 0 Å². The van der Waals surface area contributed by atoms with Crippen LogP contribution in [0.15, 0.2) is 24.3 Å². The maximum Gasteiger partial charge on any atom is 0.120 e. The summed E-state index contributed by atoms with van der Waals surface area (Å²) in [7, 11) is 0. The van der Waals surface area contributed by atoms with E-state index >= 15 is 0 Å². The third kappa shape index (κ3) is 5.52. The van der Waals surface area contributed by atoms with E-state index in [0.29, 0.717) is 0 Å². The van der Waals surface area contributed by atoms with Gasteiger partial charge in [-0.3, -0.25) is 0 Å². The van der Waals surface area contributed by atoms with Gasteiger partial charge in [-0.1, -0.05) is 20.8 Å². The fourth-order valence-corrected chi connectivity index (χ4v) is 1.73. The Labute approximate surface area is 117 Å². The SMILES string of the molecule is CCCOc1ccc(OC(C)(CC)CNCC)cc1. The molecule has 0 spiro atoms. The van der Waals surface area contributed by atoms with Crippen molar-refractivity contribution in [3.63, 3.8) is 0 Å². The Morgan fingerprint density at radius 2 is 1.68 bits per heavy atom. The zero-order valence-electron chi connectivity index (χ0n) is 12.7. The van der Waals surface area contributed by atoms with Crippen LogP contribution in [0.5, 0.6) is 11.5 Å². The van der Waals surface area contributed by atoms with Gasteiger partial charge >= 0.3 is 0 Å². The molecule has 1 N–H and O–H groups in total. The summed E-state index contributed by atoms with van der Waals surface area (Å²) >= 11 is 0. The number of hydrogen-bond donors (Lipinski definition) is 1. The van der Waals surface area contributed by atoms with Gasteiger partial charge in [0.05, 0.1) is 6.61 Å². The topological polar surface area (TPSA) is 30.5 Å². The number of likely N-dealkylation sites (N-methyl/N-ethyl adjacent to an activating group) is 1. The molecule has 1 rings (SSSR count). The Morgan fingerprint density at radius 3 is 2.21 bits per heavy atom. The average Bonchev–Trinajstić information content (AvgIpc) is 2.44. The van der Waals surface area contributed by atoms with E-state index in [4.69, 9.17) is 9.47 Å². The highest BCUT2D eigenvalue weighted by molar-refractivity contribution is 5.31. The van der Waals surface area contributed by atoms with Crippen molar-refractivity contribution < 1.29 is 9.47 Å². The van der Waals surface area contributed by atoms with Gasteiger partial charge in [0, 0.05) is 6.54 Å². The predicted octanol–water partition coefficient (Wildman–Crippen LogP) is 3.63. The molecule has 0 aliphatic heterocycles. The Kier molecular flexibility index (Phi) is 6.71. The number of ether oxygens (including phenoxy) is 2. The minimum atomic E-state index is -0.165. The predicted molar refractivity (Wildman–Crippen MR) is 80.1 cm³/mol. The van der Waals surface area contributed by atoms with E-state index in [9.17, 15) is 0 Å². The van der Waals surface area contributed by atoms with E-state index in [1.807, 2.05) is 24.3 Å². The van der Waals surface area contributed by atoms with Gasteiger partial charge in [-0.2, -0.15) is 0 Å². The monoisotopic (exact) mass is 265 g/mol. The molecule has 3 nitrogen and oxygen atoms in total. The summed E-state index contributed by atoms with van der Waals surface area (Å²) in [5.74, 6) is 1.80. The van der Waals surface area contributed by atoms with Crippen molar-refractivity contribution in [3.05, 3.63) is 24.3 Å². The van der Waals surface area contributed by atoms with Crippen LogP contribution in [0.3, 0.4) is 0 Å². The lowest BCUT2D eigenvalue weighted by molar-refractivity contribution is 0.0841. The highest BCUT2D eigenvalue weighted by Crippen LogP contribution is 2.23. The molecule has 0 saturated heterocycles. The first kappa shape index (κ1) is 15.8. The average molecular weight is 265 g/mol. The zero-order chi connectivity index (χ0) is 14.1. The number of rotatable bonds is 9. The first-order chi connectivity index (χ1) is 9.13. The summed E-state index contributed by atoms with van der Waals surface area (Å²) < 4.78 is 11.7. The summed E-state index contributed by atoms with van der Waals surface area (Å²) in [5, 5.41) is 3.35. The van der Waals surface area contributed by atoms with Crippen molar-refractivity contribution in [2.24, 2.45) is 0 Å². The van der Waals surface area contributed by atoms with Crippen LogP contribution in [0.1, 0.15) is 40.5 Å². The summed E-state index contributed by atoms with van der Waals surface area (Å²) in [6, 6.07) is 7.89. The van der Waals surface area contributed by atoms with Gasteiger partial charge in [0.25, 0.3) is 0 Å². The molecule has 3 heteroatoms. The van der Waals surface area contributed by atoms with Gasteiger partial charge in [0.2, 0.25) is 0 Å². The van der Waals surface area contributed by atoms with E-state index in [2.05, 4.69) is 33.0 Å². The van der Waals surface area contributed by atoms with Crippen LogP contribution in [-0.4, -0.2) is 25.3 Å². The lowest BCUT2D eigenvalue weighted by atomic mass is 10.0. The number of hydrogen-bond acceptors (Lipinski definition) is 3. The van der Waals surface area contributed by atoms with Crippen molar-refractivity contribution in [1.29, 1.82) is 0 Å². The molecule has 0 heterocycles. The molecule has 0 bridgehead atoms. The lowest BCUT2D eigenvalue weighted by Crippen LogP contribution is -2.42. The first-order valence-corrected chi connectivity index (χ1v) is 7.26. The van der Waals surface area contributed by atoms with Crippen molar-refractivity contribution in [2.45, 2.75) is 46.1 Å². The number of benzene rings is 1. The number of nitrogens with one attached hydrogen (secondary N) is 1. The maximum atomic E-state index is 6.09. The standard InChI is InChI=1S/C16H27NO2/c1-5-12-18-14-8-10-15(11-9-14)19-16(4,6-2)13-17-7-3/h8-11,17H,5-7,12-13H2,1-4H3. The quantitative estimate of drug-likeness (QED) is 0.739. The van der Waals surface area contributed by atoms with Crippen LogP contribution < -0.4 is 14.8 Å². The summed E-state index contributed by atoms with van der Waals surface area (Å²) in [5.41, 5.74) is -0.165. The molecule has 0 aliphatic carbocycles. The summed E-state index contributed by atoms with van der Waals surface area (Å²) in [6.45, 7) is 11.1. The molecule has 0 aliphatic rings. The third-order valence-corrected chi connectivity index (χ3v) is 3.16. The van der Waals surface area contributed by atoms with Gasteiger partial charge < -0.3 is 14.8 Å². The van der Waals surface area contributed by atoms with Crippen molar-refractivity contribution in [3.8, 4) is 11.5 Å². The fourth-order valence-electron chi connectivity index (χ4n) is 1.73. The molecule has 19 heavy (non-hydrogen) atoms. The minimum Gasteiger partial charge on any atom is -0.494 e. The van der Waals surface area contributed by atoms with E-state index in [1.54, 1.807) is 0 Å². The van der Waals surface area contributed by atoms with E-state index < -0.39 is 0 Å². The molecular weight excluding hydrogens is 238 g/mol. The van der Waals surface area contributed by atoms with Gasteiger partial charge in [-0.05, 0) is 50.6 Å². The first-order valence-electron chi connectivity index (χ1n) is 7.26. The van der Waals surface area contributed by atoms with Crippen molar-refractivity contribution in [2.75, 3.05) is 19.7 Å². The zero-order valence-corrected chi connectivity index (χ0v) is 12.7. The molecule has 0 fully saturated rings. The van der Waals surface area contributed by atoms with Crippen LogP contribution >= 0.6 is 0 Å². The largest absolute Gasteiger partial charge is 0.494 e. The van der Waals surface area contributed by atoms with Crippen molar-refractivity contribution >= 4 is 0 Å². The molecule has 1 atom stereocenters. The van der Waals surface area contributed by atoms with Gasteiger partial charge in [-0.15, -0.1) is 0 Å². The van der Waals surface area contributed by atoms with Crippen molar-refractivity contribution in [1.82, 2.24) is 5.32 Å².